The summed E-state index contributed by atoms with van der Waals surface area (Å²) in [6.45, 7) is 2.14. The molecule has 2 rings (SSSR count). The van der Waals surface area contributed by atoms with E-state index in [4.69, 9.17) is 4.74 Å². The van der Waals surface area contributed by atoms with E-state index in [-0.39, 0.29) is 12.2 Å². The minimum absolute atomic E-state index is 0.227. The van der Waals surface area contributed by atoms with Crippen LogP contribution in [0.1, 0.15) is 11.4 Å². The molecule has 0 spiro atoms. The van der Waals surface area contributed by atoms with Gasteiger partial charge in [-0.1, -0.05) is 0 Å². The summed E-state index contributed by atoms with van der Waals surface area (Å²) in [5, 5.41) is 4.23. The van der Waals surface area contributed by atoms with E-state index < -0.39 is 0 Å². The number of methoxy groups -OCH3 is 1. The van der Waals surface area contributed by atoms with Crippen LogP contribution in [0.4, 0.5) is 0 Å². The average molecular weight is 313 g/mol. The summed E-state index contributed by atoms with van der Waals surface area (Å²) < 4.78 is 7.10. The molecule has 0 atom stereocenters. The molecule has 0 bridgehead atoms. The number of ether oxygens (including phenoxy) is 1. The summed E-state index contributed by atoms with van der Waals surface area (Å²) >= 11 is 3.20. The van der Waals surface area contributed by atoms with Gasteiger partial charge in [-0.3, -0.25) is 9.48 Å². The van der Waals surface area contributed by atoms with Gasteiger partial charge >= 0.3 is 0 Å². The van der Waals surface area contributed by atoms with Crippen molar-refractivity contribution in [3.05, 3.63) is 32.4 Å². The van der Waals surface area contributed by atoms with Gasteiger partial charge in [0.15, 0.2) is 0 Å². The van der Waals surface area contributed by atoms with Crippen molar-refractivity contribution in [3.8, 4) is 11.4 Å². The van der Waals surface area contributed by atoms with E-state index in [0.717, 1.165) is 11.3 Å². The number of hydrogen-bond donors (Lipinski definition) is 1. The number of aromatic nitrogens is 4. The molecule has 0 aliphatic heterocycles. The molecular formula is C11H13BrN4O2. The number of halogens is 1. The maximum atomic E-state index is 11.8. The van der Waals surface area contributed by atoms with Gasteiger partial charge in [0, 0.05) is 20.4 Å². The molecule has 96 valence electrons. The molecular weight excluding hydrogens is 300 g/mol. The van der Waals surface area contributed by atoms with Gasteiger partial charge in [-0.2, -0.15) is 5.10 Å². The second-order valence-corrected chi connectivity index (χ2v) is 4.70. The lowest BCUT2D eigenvalue weighted by Gasteiger charge is -2.05. The predicted molar refractivity (Wildman–Crippen MR) is 70.2 cm³/mol. The third-order valence-electron chi connectivity index (χ3n) is 2.48. The highest BCUT2D eigenvalue weighted by Crippen LogP contribution is 2.19. The number of aromatic amines is 1. The number of nitrogens with one attached hydrogen (secondary N) is 1. The van der Waals surface area contributed by atoms with Gasteiger partial charge in [0.1, 0.15) is 10.3 Å². The van der Waals surface area contributed by atoms with Gasteiger partial charge in [0.05, 0.1) is 23.6 Å². The molecule has 0 amide bonds. The maximum absolute atomic E-state index is 11.8. The zero-order valence-electron chi connectivity index (χ0n) is 10.3. The first kappa shape index (κ1) is 13.0. The highest BCUT2D eigenvalue weighted by atomic mass is 79.9. The second-order valence-electron chi connectivity index (χ2n) is 3.91. The quantitative estimate of drug-likeness (QED) is 0.929. The van der Waals surface area contributed by atoms with Crippen LogP contribution in [-0.2, 0) is 18.4 Å². The van der Waals surface area contributed by atoms with E-state index in [1.54, 1.807) is 11.8 Å². The van der Waals surface area contributed by atoms with Gasteiger partial charge in [0.25, 0.3) is 5.56 Å². The molecule has 7 heteroatoms. The summed E-state index contributed by atoms with van der Waals surface area (Å²) in [7, 11) is 3.38. The Hall–Kier alpha value is -1.47. The summed E-state index contributed by atoms with van der Waals surface area (Å²) in [5.41, 5.74) is 1.96. The monoisotopic (exact) mass is 312 g/mol. The molecule has 2 aromatic rings. The smallest absolute Gasteiger partial charge is 0.265 e. The minimum atomic E-state index is -0.227. The molecule has 0 fully saturated rings. The van der Waals surface area contributed by atoms with Gasteiger partial charge in [-0.05, 0) is 22.9 Å². The van der Waals surface area contributed by atoms with Crippen LogP contribution in [-0.4, -0.2) is 26.9 Å². The molecule has 0 aliphatic carbocycles. The normalized spacial score (nSPS) is 10.9. The first-order valence-electron chi connectivity index (χ1n) is 5.31. The number of hydrogen-bond acceptors (Lipinski definition) is 4. The van der Waals surface area contributed by atoms with Crippen LogP contribution < -0.4 is 5.56 Å². The molecule has 0 aromatic carbocycles. The molecule has 0 radical (unpaired) electrons. The van der Waals surface area contributed by atoms with Crippen molar-refractivity contribution < 1.29 is 4.74 Å². The Morgan fingerprint density at radius 3 is 2.83 bits per heavy atom. The van der Waals surface area contributed by atoms with E-state index in [1.165, 1.54) is 0 Å². The molecule has 0 saturated carbocycles. The summed E-state index contributed by atoms with van der Waals surface area (Å²) in [4.78, 5) is 18.9. The first-order valence-corrected chi connectivity index (χ1v) is 6.10. The van der Waals surface area contributed by atoms with E-state index in [9.17, 15) is 4.79 Å². The lowest BCUT2D eigenvalue weighted by atomic mass is 10.2. The number of aryl methyl sites for hydroxylation is 2. The van der Waals surface area contributed by atoms with Crippen LogP contribution in [0.3, 0.4) is 0 Å². The van der Waals surface area contributed by atoms with Crippen molar-refractivity contribution in [1.29, 1.82) is 0 Å². The van der Waals surface area contributed by atoms with E-state index in [2.05, 4.69) is 31.0 Å². The Bertz CT molecular complexity index is 632. The zero-order valence-corrected chi connectivity index (χ0v) is 11.9. The Kier molecular flexibility index (Phi) is 3.63. The van der Waals surface area contributed by atoms with Crippen molar-refractivity contribution in [2.24, 2.45) is 7.05 Å². The number of H-pyrrole nitrogens is 1. The summed E-state index contributed by atoms with van der Waals surface area (Å²) in [5.74, 6) is 0.501. The molecule has 0 saturated heterocycles. The van der Waals surface area contributed by atoms with Gasteiger partial charge in [-0.15, -0.1) is 0 Å². The molecule has 2 heterocycles. The van der Waals surface area contributed by atoms with Crippen LogP contribution in [0.2, 0.25) is 0 Å². The average Bonchev–Trinajstić information content (AvgIpc) is 2.64. The Labute approximate surface area is 112 Å². The van der Waals surface area contributed by atoms with Crippen molar-refractivity contribution >= 4 is 15.9 Å². The SMILES string of the molecule is COCc1nc(-c2cn(C)nc2C)[nH]c(=O)c1Br. The highest BCUT2D eigenvalue weighted by molar-refractivity contribution is 9.10. The summed E-state index contributed by atoms with van der Waals surface area (Å²) in [6, 6.07) is 0. The fourth-order valence-corrected chi connectivity index (χ4v) is 2.00. The molecule has 0 unspecified atom stereocenters. The highest BCUT2D eigenvalue weighted by Gasteiger charge is 2.13. The number of rotatable bonds is 3. The van der Waals surface area contributed by atoms with Crippen molar-refractivity contribution in [2.45, 2.75) is 13.5 Å². The Morgan fingerprint density at radius 1 is 1.56 bits per heavy atom. The van der Waals surface area contributed by atoms with Crippen LogP contribution in [0.15, 0.2) is 15.5 Å². The second kappa shape index (κ2) is 5.03. The Morgan fingerprint density at radius 2 is 2.28 bits per heavy atom. The van der Waals surface area contributed by atoms with Crippen LogP contribution >= 0.6 is 15.9 Å². The topological polar surface area (TPSA) is 72.8 Å². The van der Waals surface area contributed by atoms with E-state index in [1.807, 2.05) is 20.2 Å². The Balaban J connectivity index is 2.59. The largest absolute Gasteiger partial charge is 0.378 e. The standard InChI is InChI=1S/C11H13BrN4O2/c1-6-7(4-16(2)15-6)10-13-8(5-18-3)9(12)11(17)14-10/h4H,5H2,1-3H3,(H,13,14,17). The van der Waals surface area contributed by atoms with Crippen LogP contribution in [0.25, 0.3) is 11.4 Å². The van der Waals surface area contributed by atoms with Crippen LogP contribution in [0, 0.1) is 6.92 Å². The van der Waals surface area contributed by atoms with Crippen LogP contribution in [0.5, 0.6) is 0 Å². The molecule has 1 N–H and O–H groups in total. The number of nitrogens with zero attached hydrogens (tertiary/aromatic N) is 3. The summed E-state index contributed by atoms with van der Waals surface area (Å²) in [6.07, 6.45) is 1.82. The third kappa shape index (κ3) is 2.37. The first-order chi connectivity index (χ1) is 8.52. The molecule has 0 aliphatic rings. The van der Waals surface area contributed by atoms with Crippen molar-refractivity contribution in [1.82, 2.24) is 19.7 Å². The van der Waals surface area contributed by atoms with E-state index in [0.29, 0.717) is 16.0 Å². The third-order valence-corrected chi connectivity index (χ3v) is 3.30. The lowest BCUT2D eigenvalue weighted by molar-refractivity contribution is 0.180. The molecule has 2 aromatic heterocycles. The predicted octanol–water partition coefficient (Wildman–Crippen LogP) is 1.39. The lowest BCUT2D eigenvalue weighted by Crippen LogP contribution is -2.14. The fourth-order valence-electron chi connectivity index (χ4n) is 1.70. The van der Waals surface area contributed by atoms with Crippen molar-refractivity contribution in [3.63, 3.8) is 0 Å². The zero-order chi connectivity index (χ0) is 13.3. The molecule has 6 nitrogen and oxygen atoms in total. The maximum Gasteiger partial charge on any atom is 0.265 e. The molecule has 18 heavy (non-hydrogen) atoms. The fraction of sp³-hybridized carbons (Fsp3) is 0.364. The van der Waals surface area contributed by atoms with E-state index >= 15 is 0 Å². The minimum Gasteiger partial charge on any atom is -0.378 e. The van der Waals surface area contributed by atoms with Gasteiger partial charge < -0.3 is 9.72 Å². The van der Waals surface area contributed by atoms with Gasteiger partial charge in [0.2, 0.25) is 0 Å². The van der Waals surface area contributed by atoms with Crippen molar-refractivity contribution in [2.75, 3.05) is 7.11 Å². The van der Waals surface area contributed by atoms with Gasteiger partial charge in [-0.25, -0.2) is 4.98 Å².